The van der Waals surface area contributed by atoms with E-state index in [4.69, 9.17) is 0 Å². The lowest BCUT2D eigenvalue weighted by Gasteiger charge is -2.17. The van der Waals surface area contributed by atoms with Crippen LogP contribution in [0.2, 0.25) is 0 Å². The number of anilines is 1. The summed E-state index contributed by atoms with van der Waals surface area (Å²) in [5.74, 6) is -1.15. The molecule has 6 nitrogen and oxygen atoms in total. The van der Waals surface area contributed by atoms with Crippen LogP contribution in [0.5, 0.6) is 0 Å². The van der Waals surface area contributed by atoms with Gasteiger partial charge in [-0.3, -0.25) is 0 Å². The van der Waals surface area contributed by atoms with Gasteiger partial charge in [0.1, 0.15) is 0 Å². The predicted molar refractivity (Wildman–Crippen MR) is 96.1 cm³/mol. The molecule has 7 heteroatoms. The Bertz CT molecular complexity index is 644. The first-order valence-electron chi connectivity index (χ1n) is 8.45. The molecule has 0 saturated heterocycles. The number of hydrogen-bond acceptors (Lipinski definition) is 4. The van der Waals surface area contributed by atoms with Crippen molar-refractivity contribution in [3.05, 3.63) is 23.8 Å². The minimum atomic E-state index is -3.69. The van der Waals surface area contributed by atoms with E-state index in [0.717, 1.165) is 32.1 Å². The summed E-state index contributed by atoms with van der Waals surface area (Å²) in [6.07, 6.45) is 4.58. The number of carboxylic acids is 1. The number of aromatic carboxylic acids is 1. The second kappa shape index (κ2) is 9.64. The van der Waals surface area contributed by atoms with Crippen molar-refractivity contribution in [2.24, 2.45) is 0 Å². The lowest BCUT2D eigenvalue weighted by Crippen LogP contribution is -2.25. The Kier molecular flexibility index (Phi) is 8.21. The molecule has 0 radical (unpaired) electrons. The van der Waals surface area contributed by atoms with Crippen LogP contribution >= 0.6 is 0 Å². The zero-order chi connectivity index (χ0) is 18.2. The Labute approximate surface area is 144 Å². The summed E-state index contributed by atoms with van der Waals surface area (Å²) in [5, 5.41) is 12.5. The van der Waals surface area contributed by atoms with Gasteiger partial charge in [-0.15, -0.1) is 0 Å². The van der Waals surface area contributed by atoms with E-state index in [2.05, 4.69) is 17.0 Å². The van der Waals surface area contributed by atoms with Crippen LogP contribution in [0.15, 0.2) is 23.1 Å². The molecule has 0 amide bonds. The summed E-state index contributed by atoms with van der Waals surface area (Å²) in [6.45, 7) is 6.41. The fourth-order valence-electron chi connectivity index (χ4n) is 2.43. The molecule has 0 spiro atoms. The van der Waals surface area contributed by atoms with Crippen LogP contribution in [-0.2, 0) is 10.0 Å². The van der Waals surface area contributed by atoms with E-state index in [1.54, 1.807) is 0 Å². The first kappa shape index (κ1) is 20.4. The van der Waals surface area contributed by atoms with Crippen molar-refractivity contribution in [3.63, 3.8) is 0 Å². The summed E-state index contributed by atoms with van der Waals surface area (Å²) < 4.78 is 27.1. The minimum Gasteiger partial charge on any atom is -0.478 e. The monoisotopic (exact) mass is 356 g/mol. The Morgan fingerprint density at radius 2 is 1.92 bits per heavy atom. The first-order chi connectivity index (χ1) is 11.3. The van der Waals surface area contributed by atoms with Gasteiger partial charge in [0.2, 0.25) is 10.0 Å². The summed E-state index contributed by atoms with van der Waals surface area (Å²) in [7, 11) is -3.69. The van der Waals surface area contributed by atoms with Crippen molar-refractivity contribution in [2.45, 2.75) is 63.8 Å². The smallest absolute Gasteiger partial charge is 0.337 e. The Hall–Kier alpha value is -1.60. The maximum atomic E-state index is 12.3. The van der Waals surface area contributed by atoms with Crippen molar-refractivity contribution in [2.75, 3.05) is 11.9 Å². The van der Waals surface area contributed by atoms with Gasteiger partial charge in [-0.1, -0.05) is 33.1 Å². The molecule has 1 atom stereocenters. The third kappa shape index (κ3) is 6.13. The normalized spacial score (nSPS) is 12.8. The van der Waals surface area contributed by atoms with Crippen molar-refractivity contribution in [1.82, 2.24) is 4.72 Å². The van der Waals surface area contributed by atoms with Crippen LogP contribution in [0.25, 0.3) is 0 Å². The maximum absolute atomic E-state index is 12.3. The van der Waals surface area contributed by atoms with E-state index >= 15 is 0 Å². The van der Waals surface area contributed by atoms with E-state index in [0.29, 0.717) is 12.2 Å². The zero-order valence-corrected chi connectivity index (χ0v) is 15.4. The van der Waals surface area contributed by atoms with Crippen LogP contribution in [0.4, 0.5) is 5.69 Å². The van der Waals surface area contributed by atoms with Gasteiger partial charge in [0, 0.05) is 18.3 Å². The van der Waals surface area contributed by atoms with Gasteiger partial charge in [-0.05, 0) is 38.0 Å². The minimum absolute atomic E-state index is 0.0231. The van der Waals surface area contributed by atoms with Crippen molar-refractivity contribution >= 4 is 21.7 Å². The molecule has 0 aliphatic rings. The van der Waals surface area contributed by atoms with E-state index in [1.165, 1.54) is 18.2 Å². The third-order valence-corrected chi connectivity index (χ3v) is 5.19. The van der Waals surface area contributed by atoms with Crippen LogP contribution < -0.4 is 10.0 Å². The molecule has 0 aliphatic heterocycles. The molecule has 136 valence electrons. The standard InChI is InChI=1S/C17H28N2O4S/c1-4-6-7-11-18-24(22,23)14-9-10-16(15(12-14)17(20)21)19-13(3)8-5-2/h9-10,12-13,18-19H,4-8,11H2,1-3H3,(H,20,21). The largest absolute Gasteiger partial charge is 0.478 e. The van der Waals surface area contributed by atoms with Crippen LogP contribution in [0.3, 0.4) is 0 Å². The number of rotatable bonds is 11. The van der Waals surface area contributed by atoms with Gasteiger partial charge in [0.05, 0.1) is 10.5 Å². The molecule has 1 aromatic rings. The van der Waals surface area contributed by atoms with Gasteiger partial charge in [0.25, 0.3) is 0 Å². The first-order valence-corrected chi connectivity index (χ1v) is 9.93. The van der Waals surface area contributed by atoms with Crippen LogP contribution in [-0.4, -0.2) is 32.1 Å². The summed E-state index contributed by atoms with van der Waals surface area (Å²) >= 11 is 0. The van der Waals surface area contributed by atoms with E-state index < -0.39 is 16.0 Å². The number of carboxylic acid groups (broad SMARTS) is 1. The molecular weight excluding hydrogens is 328 g/mol. The second-order valence-electron chi connectivity index (χ2n) is 5.95. The van der Waals surface area contributed by atoms with Gasteiger partial charge < -0.3 is 10.4 Å². The number of carbonyl (C=O) groups is 1. The molecule has 24 heavy (non-hydrogen) atoms. The number of hydrogen-bond donors (Lipinski definition) is 3. The Balaban J connectivity index is 2.98. The number of benzene rings is 1. The highest BCUT2D eigenvalue weighted by Gasteiger charge is 2.19. The van der Waals surface area contributed by atoms with Gasteiger partial charge in [-0.25, -0.2) is 17.9 Å². The molecule has 1 rings (SSSR count). The number of nitrogens with one attached hydrogen (secondary N) is 2. The molecule has 0 aliphatic carbocycles. The quantitative estimate of drug-likeness (QED) is 0.528. The van der Waals surface area contributed by atoms with E-state index in [-0.39, 0.29) is 16.5 Å². The highest BCUT2D eigenvalue weighted by atomic mass is 32.2. The zero-order valence-electron chi connectivity index (χ0n) is 14.6. The van der Waals surface area contributed by atoms with Gasteiger partial charge >= 0.3 is 5.97 Å². The average molecular weight is 356 g/mol. The SMILES string of the molecule is CCCCCNS(=O)(=O)c1ccc(NC(C)CCC)c(C(=O)O)c1. The average Bonchev–Trinajstić information content (AvgIpc) is 2.51. The van der Waals surface area contributed by atoms with E-state index in [1.807, 2.05) is 13.8 Å². The predicted octanol–water partition coefficient (Wildman–Crippen LogP) is 3.45. The summed E-state index contributed by atoms with van der Waals surface area (Å²) in [5.41, 5.74) is 0.405. The van der Waals surface area contributed by atoms with Crippen molar-refractivity contribution in [3.8, 4) is 0 Å². The van der Waals surface area contributed by atoms with Gasteiger partial charge in [0.15, 0.2) is 0 Å². The van der Waals surface area contributed by atoms with Crippen LogP contribution in [0, 0.1) is 0 Å². The third-order valence-electron chi connectivity index (χ3n) is 3.73. The Morgan fingerprint density at radius 1 is 1.21 bits per heavy atom. The highest BCUT2D eigenvalue weighted by molar-refractivity contribution is 7.89. The van der Waals surface area contributed by atoms with E-state index in [9.17, 15) is 18.3 Å². The molecule has 1 unspecified atom stereocenters. The van der Waals surface area contributed by atoms with Crippen molar-refractivity contribution in [1.29, 1.82) is 0 Å². The lowest BCUT2D eigenvalue weighted by atomic mass is 10.1. The molecule has 0 saturated carbocycles. The molecule has 0 aromatic heterocycles. The lowest BCUT2D eigenvalue weighted by molar-refractivity contribution is 0.0697. The number of sulfonamides is 1. The molecule has 3 N–H and O–H groups in total. The van der Waals surface area contributed by atoms with Crippen molar-refractivity contribution < 1.29 is 18.3 Å². The molecule has 0 fully saturated rings. The number of unbranched alkanes of at least 4 members (excludes halogenated alkanes) is 2. The fourth-order valence-corrected chi connectivity index (χ4v) is 3.53. The topological polar surface area (TPSA) is 95.5 Å². The molecular formula is C17H28N2O4S. The second-order valence-corrected chi connectivity index (χ2v) is 7.72. The van der Waals surface area contributed by atoms with Gasteiger partial charge in [-0.2, -0.15) is 0 Å². The molecule has 0 heterocycles. The summed E-state index contributed by atoms with van der Waals surface area (Å²) in [4.78, 5) is 11.5. The van der Waals surface area contributed by atoms with Crippen LogP contribution in [0.1, 0.15) is 63.2 Å². The summed E-state index contributed by atoms with van der Waals surface area (Å²) in [6, 6.07) is 4.29. The Morgan fingerprint density at radius 3 is 2.50 bits per heavy atom. The molecule has 1 aromatic carbocycles. The highest BCUT2D eigenvalue weighted by Crippen LogP contribution is 2.22. The fraction of sp³-hybridized carbons (Fsp3) is 0.588. The maximum Gasteiger partial charge on any atom is 0.337 e. The molecule has 0 bridgehead atoms.